The smallest absolute Gasteiger partial charge is 0.226 e. The zero-order valence-corrected chi connectivity index (χ0v) is 16.9. The van der Waals surface area contributed by atoms with Crippen molar-refractivity contribution in [3.63, 3.8) is 0 Å². The minimum Gasteiger partial charge on any atom is -0.349 e. The molecule has 2 aromatic rings. The molecule has 1 aliphatic carbocycles. The Labute approximate surface area is 160 Å². The first kappa shape index (κ1) is 19.6. The van der Waals surface area contributed by atoms with Crippen molar-refractivity contribution in [3.05, 3.63) is 29.2 Å². The molecule has 0 fully saturated rings. The number of carbonyl (C=O) groups excluding carboxylic acids is 1. The van der Waals surface area contributed by atoms with Gasteiger partial charge in [-0.15, -0.1) is 0 Å². The van der Waals surface area contributed by atoms with Crippen molar-refractivity contribution in [1.29, 1.82) is 0 Å². The first-order valence-electron chi connectivity index (χ1n) is 10.1. The molecule has 7 heteroatoms. The van der Waals surface area contributed by atoms with E-state index >= 15 is 0 Å². The highest BCUT2D eigenvalue weighted by Gasteiger charge is 2.28. The molecule has 0 unspecified atom stereocenters. The molecule has 7 nitrogen and oxygen atoms in total. The summed E-state index contributed by atoms with van der Waals surface area (Å²) in [5.74, 6) is 1.45. The molecule has 3 rings (SSSR count). The predicted octanol–water partition coefficient (Wildman–Crippen LogP) is 3.49. The van der Waals surface area contributed by atoms with Gasteiger partial charge in [0.1, 0.15) is 0 Å². The highest BCUT2D eigenvalue weighted by molar-refractivity contribution is 5.76. The van der Waals surface area contributed by atoms with Gasteiger partial charge in [0.15, 0.2) is 5.82 Å². The molecule has 1 atom stereocenters. The van der Waals surface area contributed by atoms with Gasteiger partial charge >= 0.3 is 0 Å². The van der Waals surface area contributed by atoms with Gasteiger partial charge in [0.25, 0.3) is 0 Å². The van der Waals surface area contributed by atoms with Crippen molar-refractivity contribution in [2.45, 2.75) is 90.6 Å². The van der Waals surface area contributed by atoms with Crippen LogP contribution in [0.1, 0.15) is 88.8 Å². The summed E-state index contributed by atoms with van der Waals surface area (Å²) in [6.45, 7) is 8.56. The highest BCUT2D eigenvalue weighted by Crippen LogP contribution is 2.32. The summed E-state index contributed by atoms with van der Waals surface area (Å²) in [5, 5.41) is 11.7. The molecular weight excluding hydrogens is 342 g/mol. The quantitative estimate of drug-likeness (QED) is 0.803. The van der Waals surface area contributed by atoms with E-state index in [0.717, 1.165) is 37.9 Å². The summed E-state index contributed by atoms with van der Waals surface area (Å²) >= 11 is 0. The molecule has 148 valence electrons. The van der Waals surface area contributed by atoms with Crippen LogP contribution in [0.25, 0.3) is 0 Å². The Bertz CT molecular complexity index is 772. The van der Waals surface area contributed by atoms with Crippen molar-refractivity contribution < 1.29 is 9.32 Å². The molecule has 0 bridgehead atoms. The fourth-order valence-electron chi connectivity index (χ4n) is 3.67. The van der Waals surface area contributed by atoms with Crippen LogP contribution >= 0.6 is 0 Å². The molecule has 2 heterocycles. The van der Waals surface area contributed by atoms with Gasteiger partial charge in [-0.25, -0.2) is 0 Å². The number of aryl methyl sites for hydroxylation is 2. The third-order valence-electron chi connectivity index (χ3n) is 4.93. The second-order valence-corrected chi connectivity index (χ2v) is 8.35. The van der Waals surface area contributed by atoms with E-state index in [-0.39, 0.29) is 17.5 Å². The first-order valence-corrected chi connectivity index (χ1v) is 10.1. The Morgan fingerprint density at radius 1 is 1.37 bits per heavy atom. The SMILES string of the molecule is CCCc1noc(CCCC(=O)N[C@@H]2CCCc3c2cnn3C(C)(C)C)n1. The molecule has 0 aliphatic heterocycles. The lowest BCUT2D eigenvalue weighted by atomic mass is 9.92. The van der Waals surface area contributed by atoms with E-state index in [4.69, 9.17) is 4.52 Å². The maximum atomic E-state index is 12.4. The summed E-state index contributed by atoms with van der Waals surface area (Å²) in [6.07, 6.45) is 8.63. The highest BCUT2D eigenvalue weighted by atomic mass is 16.5. The second kappa shape index (κ2) is 8.23. The number of amides is 1. The molecular formula is C20H31N5O2. The first-order chi connectivity index (χ1) is 12.9. The molecule has 1 aliphatic rings. The number of fused-ring (bicyclic) bond motifs is 1. The van der Waals surface area contributed by atoms with Crippen LogP contribution in [0.15, 0.2) is 10.7 Å². The molecule has 27 heavy (non-hydrogen) atoms. The largest absolute Gasteiger partial charge is 0.349 e. The Hall–Kier alpha value is -2.18. The zero-order valence-electron chi connectivity index (χ0n) is 16.9. The lowest BCUT2D eigenvalue weighted by Gasteiger charge is -2.28. The van der Waals surface area contributed by atoms with Crippen molar-refractivity contribution in [3.8, 4) is 0 Å². The van der Waals surface area contributed by atoms with Crippen LogP contribution in [0.3, 0.4) is 0 Å². The Balaban J connectivity index is 1.52. The summed E-state index contributed by atoms with van der Waals surface area (Å²) in [4.78, 5) is 16.8. The zero-order chi connectivity index (χ0) is 19.4. The number of hydrogen-bond donors (Lipinski definition) is 1. The van der Waals surface area contributed by atoms with Crippen LogP contribution in [-0.4, -0.2) is 25.8 Å². The molecule has 1 N–H and O–H groups in total. The van der Waals surface area contributed by atoms with Gasteiger partial charge in [-0.3, -0.25) is 9.48 Å². The number of rotatable bonds is 7. The van der Waals surface area contributed by atoms with E-state index in [1.807, 2.05) is 6.20 Å². The van der Waals surface area contributed by atoms with E-state index in [2.05, 4.69) is 52.9 Å². The van der Waals surface area contributed by atoms with Crippen LogP contribution < -0.4 is 5.32 Å². The minimum atomic E-state index is -0.0415. The fraction of sp³-hybridized carbons (Fsp3) is 0.700. The Kier molecular flexibility index (Phi) is 5.97. The van der Waals surface area contributed by atoms with Gasteiger partial charge in [0.05, 0.1) is 17.8 Å². The second-order valence-electron chi connectivity index (χ2n) is 8.35. The summed E-state index contributed by atoms with van der Waals surface area (Å²) in [7, 11) is 0. The standard InChI is InChI=1S/C20H31N5O2/c1-5-8-17-23-19(27-24-17)12-7-11-18(26)22-15-9-6-10-16-14(15)13-21-25(16)20(2,3)4/h13,15H,5-12H2,1-4H3,(H,22,26)/t15-/m1/s1. The van der Waals surface area contributed by atoms with Gasteiger partial charge < -0.3 is 9.84 Å². The Morgan fingerprint density at radius 3 is 2.93 bits per heavy atom. The average Bonchev–Trinajstić information content (AvgIpc) is 3.22. The molecule has 2 aromatic heterocycles. The molecule has 1 amide bonds. The van der Waals surface area contributed by atoms with Gasteiger partial charge in [-0.1, -0.05) is 12.1 Å². The summed E-state index contributed by atoms with van der Waals surface area (Å²) < 4.78 is 7.33. The van der Waals surface area contributed by atoms with Crippen molar-refractivity contribution in [2.75, 3.05) is 0 Å². The van der Waals surface area contributed by atoms with Crippen molar-refractivity contribution in [1.82, 2.24) is 25.2 Å². The van der Waals surface area contributed by atoms with Gasteiger partial charge in [0.2, 0.25) is 11.8 Å². The normalized spacial score (nSPS) is 17.0. The predicted molar refractivity (Wildman–Crippen MR) is 102 cm³/mol. The van der Waals surface area contributed by atoms with Crippen LogP contribution in [0.5, 0.6) is 0 Å². The minimum absolute atomic E-state index is 0.0415. The van der Waals surface area contributed by atoms with Crippen LogP contribution in [0, 0.1) is 0 Å². The summed E-state index contributed by atoms with van der Waals surface area (Å²) in [5.41, 5.74) is 2.39. The average molecular weight is 374 g/mol. The van der Waals surface area contributed by atoms with Crippen LogP contribution in [0.2, 0.25) is 0 Å². The lowest BCUT2D eigenvalue weighted by molar-refractivity contribution is -0.122. The van der Waals surface area contributed by atoms with Gasteiger partial charge in [-0.2, -0.15) is 10.1 Å². The van der Waals surface area contributed by atoms with E-state index in [1.54, 1.807) is 0 Å². The maximum absolute atomic E-state index is 12.4. The number of hydrogen-bond acceptors (Lipinski definition) is 5. The lowest BCUT2D eigenvalue weighted by Crippen LogP contribution is -2.32. The van der Waals surface area contributed by atoms with E-state index in [1.165, 1.54) is 11.3 Å². The molecule has 0 saturated heterocycles. The maximum Gasteiger partial charge on any atom is 0.226 e. The molecule has 0 aromatic carbocycles. The number of nitrogens with zero attached hydrogens (tertiary/aromatic N) is 4. The van der Waals surface area contributed by atoms with Gasteiger partial charge in [0, 0.05) is 30.5 Å². The third kappa shape index (κ3) is 4.76. The monoisotopic (exact) mass is 373 g/mol. The van der Waals surface area contributed by atoms with Crippen LogP contribution in [-0.2, 0) is 29.6 Å². The van der Waals surface area contributed by atoms with E-state index < -0.39 is 0 Å². The number of nitrogens with one attached hydrogen (secondary N) is 1. The summed E-state index contributed by atoms with van der Waals surface area (Å²) in [6, 6.07) is 0.0666. The Morgan fingerprint density at radius 2 is 2.19 bits per heavy atom. The molecule has 0 radical (unpaired) electrons. The topological polar surface area (TPSA) is 85.8 Å². The fourth-order valence-corrected chi connectivity index (χ4v) is 3.67. The van der Waals surface area contributed by atoms with Crippen LogP contribution in [0.4, 0.5) is 0 Å². The number of carbonyl (C=O) groups is 1. The van der Waals surface area contributed by atoms with E-state index in [0.29, 0.717) is 25.2 Å². The van der Waals surface area contributed by atoms with Crippen molar-refractivity contribution in [2.24, 2.45) is 0 Å². The molecule has 0 saturated carbocycles. The number of aromatic nitrogens is 4. The molecule has 0 spiro atoms. The van der Waals surface area contributed by atoms with E-state index in [9.17, 15) is 4.79 Å². The third-order valence-corrected chi connectivity index (χ3v) is 4.93. The van der Waals surface area contributed by atoms with Gasteiger partial charge in [-0.05, 0) is 52.9 Å². The van der Waals surface area contributed by atoms with Crippen molar-refractivity contribution >= 4 is 5.91 Å².